The minimum atomic E-state index is 0.269. The molecular weight excluding hydrogens is 404 g/mol. The number of rotatable bonds is 2. The molecule has 0 saturated carbocycles. The first-order valence-corrected chi connectivity index (χ1v) is 11.0. The van der Waals surface area contributed by atoms with Gasteiger partial charge in [0, 0.05) is 16.8 Å². The van der Waals surface area contributed by atoms with Gasteiger partial charge in [-0.25, -0.2) is 4.85 Å². The third-order valence-corrected chi connectivity index (χ3v) is 6.48. The second kappa shape index (κ2) is 6.99. The molecule has 4 aromatic carbocycles. The van der Waals surface area contributed by atoms with Gasteiger partial charge in [0.05, 0.1) is 46.3 Å². The molecule has 1 aromatic heterocycles. The molecule has 2 heterocycles. The summed E-state index contributed by atoms with van der Waals surface area (Å²) in [6.45, 7) is 11.6. The Morgan fingerprint density at radius 2 is 1.61 bits per heavy atom. The van der Waals surface area contributed by atoms with Crippen LogP contribution in [0.3, 0.4) is 0 Å². The Morgan fingerprint density at radius 1 is 0.818 bits per heavy atom. The zero-order chi connectivity index (χ0) is 22.7. The number of hydrogen-bond donors (Lipinski definition) is 0. The summed E-state index contributed by atoms with van der Waals surface area (Å²) in [5.74, 6) is 0. The highest BCUT2D eigenvalue weighted by Crippen LogP contribution is 2.47. The third-order valence-electron chi connectivity index (χ3n) is 6.48. The van der Waals surface area contributed by atoms with Crippen molar-refractivity contribution in [2.24, 2.45) is 0 Å². The fourth-order valence-electron chi connectivity index (χ4n) is 5.07. The Kier molecular flexibility index (Phi) is 4.06. The largest absolute Gasteiger partial charge is 0.335 e. The molecule has 0 bridgehead atoms. The maximum atomic E-state index is 9.58. The van der Waals surface area contributed by atoms with Crippen LogP contribution in [0.25, 0.3) is 43.5 Å². The summed E-state index contributed by atoms with van der Waals surface area (Å²) >= 11 is 0. The van der Waals surface area contributed by atoms with Crippen molar-refractivity contribution in [2.75, 3.05) is 4.90 Å². The van der Waals surface area contributed by atoms with Crippen LogP contribution in [0.2, 0.25) is 0 Å². The molecule has 0 fully saturated rings. The number of fused-ring (bicyclic) bond motifs is 5. The van der Waals surface area contributed by atoms with Crippen LogP contribution in [0.4, 0.5) is 17.1 Å². The highest BCUT2D eigenvalue weighted by molar-refractivity contribution is 6.16. The number of nitrogens with zero attached hydrogens (tertiary/aromatic N) is 4. The zero-order valence-corrected chi connectivity index (χ0v) is 18.4. The molecule has 6 rings (SSSR count). The van der Waals surface area contributed by atoms with Crippen LogP contribution in [0.5, 0.6) is 0 Å². The lowest BCUT2D eigenvalue weighted by Crippen LogP contribution is -2.29. The van der Waals surface area contributed by atoms with Gasteiger partial charge in [-0.3, -0.25) is 0 Å². The van der Waals surface area contributed by atoms with Crippen molar-refractivity contribution in [1.82, 2.24) is 4.57 Å². The first-order chi connectivity index (χ1) is 16.1. The molecule has 4 heteroatoms. The molecule has 1 aliphatic heterocycles. The van der Waals surface area contributed by atoms with E-state index in [9.17, 15) is 5.26 Å². The first-order valence-electron chi connectivity index (χ1n) is 11.0. The van der Waals surface area contributed by atoms with Gasteiger partial charge in [-0.05, 0) is 61.4 Å². The summed E-state index contributed by atoms with van der Waals surface area (Å²) in [5, 5.41) is 11.9. The fourth-order valence-corrected chi connectivity index (χ4v) is 5.07. The maximum Gasteiger partial charge on any atom is 0.187 e. The Bertz CT molecular complexity index is 1660. The lowest BCUT2D eigenvalue weighted by atomic mass is 10.0. The van der Waals surface area contributed by atoms with Gasteiger partial charge >= 0.3 is 0 Å². The van der Waals surface area contributed by atoms with E-state index in [0.717, 1.165) is 28.0 Å². The lowest BCUT2D eigenvalue weighted by Gasteiger charge is -2.36. The zero-order valence-electron chi connectivity index (χ0n) is 18.4. The molecule has 0 aliphatic carbocycles. The summed E-state index contributed by atoms with van der Waals surface area (Å²) in [7, 11) is 0. The predicted molar refractivity (Wildman–Crippen MR) is 134 cm³/mol. The van der Waals surface area contributed by atoms with Gasteiger partial charge in [0.15, 0.2) is 5.69 Å². The highest BCUT2D eigenvalue weighted by Gasteiger charge is 2.29. The number of hydrogen-bond acceptors (Lipinski definition) is 2. The average Bonchev–Trinajstić information content (AvgIpc) is 3.19. The number of nitriles is 1. The van der Waals surface area contributed by atoms with Crippen molar-refractivity contribution >= 4 is 38.9 Å². The van der Waals surface area contributed by atoms with Gasteiger partial charge in [-0.2, -0.15) is 5.26 Å². The highest BCUT2D eigenvalue weighted by atomic mass is 15.2. The molecule has 0 N–H and O–H groups in total. The molecule has 0 spiro atoms. The molecule has 0 amide bonds. The van der Waals surface area contributed by atoms with E-state index < -0.39 is 0 Å². The van der Waals surface area contributed by atoms with Crippen LogP contribution in [0, 0.1) is 17.9 Å². The number of benzene rings is 4. The van der Waals surface area contributed by atoms with E-state index in [4.69, 9.17) is 6.57 Å². The summed E-state index contributed by atoms with van der Waals surface area (Å²) in [6.07, 6.45) is 0. The standard InChI is InChI=1S/C29H20N4/c1-18(2)32-26-13-7-19(17-30)15-28(26)33-25-14-10-21(20-8-11-22(31-3)12-9-20)16-24(25)23-5-4-6-27(32)29(23)33/h4-16,18H,1-2H3. The molecule has 1 aliphatic rings. The number of anilines is 2. The Morgan fingerprint density at radius 3 is 2.33 bits per heavy atom. The molecule has 0 radical (unpaired) electrons. The summed E-state index contributed by atoms with van der Waals surface area (Å²) in [4.78, 5) is 5.87. The van der Waals surface area contributed by atoms with Crippen molar-refractivity contribution in [2.45, 2.75) is 19.9 Å². The van der Waals surface area contributed by atoms with Crippen molar-refractivity contribution in [1.29, 1.82) is 5.26 Å². The lowest BCUT2D eigenvalue weighted by molar-refractivity contribution is 0.781. The van der Waals surface area contributed by atoms with Crippen LogP contribution in [-0.4, -0.2) is 10.6 Å². The molecule has 0 saturated heterocycles. The molecule has 0 unspecified atom stereocenters. The van der Waals surface area contributed by atoms with Crippen LogP contribution < -0.4 is 4.90 Å². The van der Waals surface area contributed by atoms with Gasteiger partial charge < -0.3 is 9.47 Å². The fraction of sp³-hybridized carbons (Fsp3) is 0.103. The Balaban J connectivity index is 1.70. The van der Waals surface area contributed by atoms with E-state index in [1.807, 2.05) is 36.4 Å². The quantitative estimate of drug-likeness (QED) is 0.272. The predicted octanol–water partition coefficient (Wildman–Crippen LogP) is 7.73. The van der Waals surface area contributed by atoms with E-state index in [0.29, 0.717) is 11.3 Å². The van der Waals surface area contributed by atoms with Gasteiger partial charge in [-0.1, -0.05) is 42.5 Å². The number of para-hydroxylation sites is 1. The van der Waals surface area contributed by atoms with E-state index in [1.165, 1.54) is 22.0 Å². The third kappa shape index (κ3) is 2.68. The van der Waals surface area contributed by atoms with Crippen molar-refractivity contribution < 1.29 is 0 Å². The van der Waals surface area contributed by atoms with Gasteiger partial charge in [0.1, 0.15) is 0 Å². The second-order valence-corrected chi connectivity index (χ2v) is 8.68. The van der Waals surface area contributed by atoms with Crippen molar-refractivity contribution in [3.8, 4) is 22.9 Å². The van der Waals surface area contributed by atoms with Gasteiger partial charge in [0.25, 0.3) is 0 Å². The molecule has 33 heavy (non-hydrogen) atoms. The van der Waals surface area contributed by atoms with E-state index >= 15 is 0 Å². The van der Waals surface area contributed by atoms with Crippen LogP contribution >= 0.6 is 0 Å². The second-order valence-electron chi connectivity index (χ2n) is 8.68. The minimum Gasteiger partial charge on any atom is -0.335 e. The average molecular weight is 425 g/mol. The van der Waals surface area contributed by atoms with Crippen molar-refractivity contribution in [3.63, 3.8) is 0 Å². The van der Waals surface area contributed by atoms with Crippen LogP contribution in [-0.2, 0) is 0 Å². The smallest absolute Gasteiger partial charge is 0.187 e. The number of aromatic nitrogens is 1. The van der Waals surface area contributed by atoms with E-state index in [1.54, 1.807) is 0 Å². The summed E-state index contributed by atoms with van der Waals surface area (Å²) < 4.78 is 2.31. The maximum absolute atomic E-state index is 9.58. The molecule has 5 aromatic rings. The molecule has 4 nitrogen and oxygen atoms in total. The summed E-state index contributed by atoms with van der Waals surface area (Å²) in [5.41, 5.74) is 9.13. The topological polar surface area (TPSA) is 36.3 Å². The molecular formula is C29H20N4. The SMILES string of the molecule is [C-]#[N+]c1ccc(-c2ccc3c(c2)c2cccc4c2n3-c2cc(C#N)ccc2N4C(C)C)cc1. The van der Waals surface area contributed by atoms with E-state index in [2.05, 4.69) is 76.7 Å². The molecule has 156 valence electrons. The van der Waals surface area contributed by atoms with Gasteiger partial charge in [-0.15, -0.1) is 0 Å². The van der Waals surface area contributed by atoms with Crippen molar-refractivity contribution in [3.05, 3.63) is 95.8 Å². The first kappa shape index (κ1) is 19.2. The van der Waals surface area contributed by atoms with Crippen LogP contribution in [0.15, 0.2) is 78.9 Å². The van der Waals surface area contributed by atoms with Gasteiger partial charge in [0.2, 0.25) is 0 Å². The summed E-state index contributed by atoms with van der Waals surface area (Å²) in [6, 6.07) is 29.3. The van der Waals surface area contributed by atoms with Crippen LogP contribution in [0.1, 0.15) is 19.4 Å². The Labute approximate surface area is 192 Å². The normalized spacial score (nSPS) is 12.1. The van der Waals surface area contributed by atoms with E-state index in [-0.39, 0.29) is 6.04 Å². The minimum absolute atomic E-state index is 0.269. The Hall–Kier alpha value is -4.54. The molecule has 0 atom stereocenters. The monoisotopic (exact) mass is 424 g/mol.